The van der Waals surface area contributed by atoms with Crippen LogP contribution in [0.2, 0.25) is 5.02 Å². The lowest BCUT2D eigenvalue weighted by Crippen LogP contribution is -2.38. The first-order valence-electron chi connectivity index (χ1n) is 6.42. The van der Waals surface area contributed by atoms with Crippen LogP contribution in [-0.2, 0) is 14.8 Å². The van der Waals surface area contributed by atoms with E-state index in [0.717, 1.165) is 6.54 Å². The largest absolute Gasteiger partial charge is 0.465 e. The molecule has 0 amide bonds. The summed E-state index contributed by atoms with van der Waals surface area (Å²) in [4.78, 5) is 11.3. The van der Waals surface area contributed by atoms with Gasteiger partial charge >= 0.3 is 5.97 Å². The first-order valence-corrected chi connectivity index (χ1v) is 8.28. The number of methoxy groups -OCH3 is 1. The molecule has 1 atom stereocenters. The van der Waals surface area contributed by atoms with Crippen molar-refractivity contribution < 1.29 is 17.9 Å². The Bertz CT molecular complexity index is 608. The molecule has 0 aliphatic rings. The topological polar surface area (TPSA) is 84.5 Å². The van der Waals surface area contributed by atoms with Crippen molar-refractivity contribution in [1.82, 2.24) is 10.0 Å². The average Bonchev–Trinajstić information content (AvgIpc) is 2.44. The number of rotatable bonds is 7. The van der Waals surface area contributed by atoms with Crippen molar-refractivity contribution in [3.63, 3.8) is 0 Å². The highest BCUT2D eigenvalue weighted by molar-refractivity contribution is 7.89. The van der Waals surface area contributed by atoms with Gasteiger partial charge in [0.1, 0.15) is 4.90 Å². The SMILES string of the molecule is CCN[C@H](C)CNS(=O)(=O)c1ccc(C(=O)OC)cc1Cl.Cl. The van der Waals surface area contributed by atoms with E-state index in [1.807, 2.05) is 13.8 Å². The molecule has 126 valence electrons. The molecule has 0 heterocycles. The fourth-order valence-corrected chi connectivity index (χ4v) is 3.37. The molecular formula is C13H20Cl2N2O4S. The normalized spacial score (nSPS) is 12.4. The van der Waals surface area contributed by atoms with Crippen LogP contribution in [0.5, 0.6) is 0 Å². The number of hydrogen-bond acceptors (Lipinski definition) is 5. The lowest BCUT2D eigenvalue weighted by molar-refractivity contribution is 0.0600. The average molecular weight is 371 g/mol. The zero-order valence-corrected chi connectivity index (χ0v) is 14.9. The lowest BCUT2D eigenvalue weighted by Gasteiger charge is -2.14. The monoisotopic (exact) mass is 370 g/mol. The molecule has 6 nitrogen and oxygen atoms in total. The maximum atomic E-state index is 12.2. The van der Waals surface area contributed by atoms with Gasteiger partial charge in [-0.05, 0) is 31.7 Å². The first kappa shape index (κ1) is 21.1. The van der Waals surface area contributed by atoms with Crippen molar-refractivity contribution in [2.75, 3.05) is 20.2 Å². The summed E-state index contributed by atoms with van der Waals surface area (Å²) in [5, 5.41) is 3.07. The second-order valence-electron chi connectivity index (χ2n) is 4.45. The van der Waals surface area contributed by atoms with Crippen LogP contribution in [0.25, 0.3) is 0 Å². The smallest absolute Gasteiger partial charge is 0.337 e. The molecule has 0 aliphatic carbocycles. The molecule has 1 aromatic carbocycles. The van der Waals surface area contributed by atoms with Crippen LogP contribution in [0, 0.1) is 0 Å². The van der Waals surface area contributed by atoms with Crippen LogP contribution >= 0.6 is 24.0 Å². The number of likely N-dealkylation sites (N-methyl/N-ethyl adjacent to an activating group) is 1. The Labute approximate surface area is 142 Å². The van der Waals surface area contributed by atoms with Gasteiger partial charge in [0, 0.05) is 12.6 Å². The number of carbonyl (C=O) groups excluding carboxylic acids is 1. The van der Waals surface area contributed by atoms with E-state index in [2.05, 4.69) is 14.8 Å². The van der Waals surface area contributed by atoms with E-state index < -0.39 is 16.0 Å². The summed E-state index contributed by atoms with van der Waals surface area (Å²) in [6.45, 7) is 4.80. The first-order chi connectivity index (χ1) is 9.81. The van der Waals surface area contributed by atoms with Crippen LogP contribution < -0.4 is 10.0 Å². The summed E-state index contributed by atoms with van der Waals surface area (Å²) in [5.74, 6) is -0.574. The minimum Gasteiger partial charge on any atom is -0.465 e. The number of sulfonamides is 1. The molecule has 0 saturated heterocycles. The number of halogens is 2. The van der Waals surface area contributed by atoms with Crippen LogP contribution in [0.3, 0.4) is 0 Å². The maximum Gasteiger partial charge on any atom is 0.337 e. The van der Waals surface area contributed by atoms with Gasteiger partial charge in [-0.3, -0.25) is 0 Å². The second-order valence-corrected chi connectivity index (χ2v) is 6.59. The summed E-state index contributed by atoms with van der Waals surface area (Å²) in [6, 6.07) is 3.92. The molecule has 2 N–H and O–H groups in total. The molecule has 9 heteroatoms. The van der Waals surface area contributed by atoms with Gasteiger partial charge in [-0.2, -0.15) is 0 Å². The number of ether oxygens (including phenoxy) is 1. The quantitative estimate of drug-likeness (QED) is 0.715. The van der Waals surface area contributed by atoms with E-state index in [1.165, 1.54) is 25.3 Å². The Morgan fingerprint density at radius 1 is 1.41 bits per heavy atom. The second kappa shape index (κ2) is 9.32. The number of esters is 1. The minimum atomic E-state index is -3.73. The third-order valence-corrected chi connectivity index (χ3v) is 4.68. The molecule has 0 spiro atoms. The number of carbonyl (C=O) groups is 1. The van der Waals surface area contributed by atoms with E-state index in [4.69, 9.17) is 11.6 Å². The molecule has 0 saturated carbocycles. The molecule has 0 fully saturated rings. The molecule has 0 bridgehead atoms. The number of nitrogens with one attached hydrogen (secondary N) is 2. The summed E-state index contributed by atoms with van der Waals surface area (Å²) in [7, 11) is -2.49. The Morgan fingerprint density at radius 2 is 2.05 bits per heavy atom. The molecular weight excluding hydrogens is 351 g/mol. The molecule has 0 aliphatic heterocycles. The van der Waals surface area contributed by atoms with E-state index in [0.29, 0.717) is 0 Å². The van der Waals surface area contributed by atoms with Crippen LogP contribution in [0.15, 0.2) is 23.1 Å². The number of hydrogen-bond donors (Lipinski definition) is 2. The van der Waals surface area contributed by atoms with E-state index >= 15 is 0 Å². The van der Waals surface area contributed by atoms with Crippen LogP contribution in [0.4, 0.5) is 0 Å². The highest BCUT2D eigenvalue weighted by Crippen LogP contribution is 2.22. The van der Waals surface area contributed by atoms with Gasteiger partial charge in [0.2, 0.25) is 10.0 Å². The zero-order chi connectivity index (χ0) is 16.0. The fourth-order valence-electron chi connectivity index (χ4n) is 1.70. The standard InChI is InChI=1S/C13H19ClN2O4S.ClH/c1-4-15-9(2)8-16-21(18,19)12-6-5-10(7-11(12)14)13(17)20-3;/h5-7,9,15-16H,4,8H2,1-3H3;1H/t9-;/m1./s1. The Balaban J connectivity index is 0.00000441. The molecule has 1 rings (SSSR count). The third-order valence-electron chi connectivity index (χ3n) is 2.77. The number of benzene rings is 1. The van der Waals surface area contributed by atoms with E-state index in [9.17, 15) is 13.2 Å². The minimum absolute atomic E-state index is 0. The highest BCUT2D eigenvalue weighted by Gasteiger charge is 2.20. The van der Waals surface area contributed by atoms with Gasteiger partial charge in [-0.1, -0.05) is 18.5 Å². The summed E-state index contributed by atoms with van der Waals surface area (Å²) < 4.78 is 31.4. The predicted octanol–water partition coefficient (Wildman–Crippen LogP) is 1.82. The van der Waals surface area contributed by atoms with Crippen molar-refractivity contribution in [3.05, 3.63) is 28.8 Å². The van der Waals surface area contributed by atoms with Crippen LogP contribution in [0.1, 0.15) is 24.2 Å². The van der Waals surface area contributed by atoms with Crippen molar-refractivity contribution >= 4 is 40.0 Å². The van der Waals surface area contributed by atoms with Gasteiger partial charge < -0.3 is 10.1 Å². The summed E-state index contributed by atoms with van der Waals surface area (Å²) in [5.41, 5.74) is 0.197. The molecule has 0 aromatic heterocycles. The van der Waals surface area contributed by atoms with Crippen molar-refractivity contribution in [1.29, 1.82) is 0 Å². The Hall–Kier alpha value is -0.860. The molecule has 0 unspecified atom stereocenters. The zero-order valence-electron chi connectivity index (χ0n) is 12.6. The molecule has 1 aromatic rings. The van der Waals surface area contributed by atoms with Gasteiger partial charge in [-0.15, -0.1) is 12.4 Å². The van der Waals surface area contributed by atoms with Gasteiger partial charge in [0.15, 0.2) is 0 Å². The van der Waals surface area contributed by atoms with Crippen LogP contribution in [-0.4, -0.2) is 40.6 Å². The molecule has 0 radical (unpaired) electrons. The van der Waals surface area contributed by atoms with E-state index in [1.54, 1.807) is 0 Å². The third kappa shape index (κ3) is 5.73. The van der Waals surface area contributed by atoms with Crippen molar-refractivity contribution in [2.24, 2.45) is 0 Å². The van der Waals surface area contributed by atoms with Crippen molar-refractivity contribution in [2.45, 2.75) is 24.8 Å². The van der Waals surface area contributed by atoms with Crippen molar-refractivity contribution in [3.8, 4) is 0 Å². The van der Waals surface area contributed by atoms with Gasteiger partial charge in [-0.25, -0.2) is 17.9 Å². The maximum absolute atomic E-state index is 12.2. The summed E-state index contributed by atoms with van der Waals surface area (Å²) in [6.07, 6.45) is 0. The van der Waals surface area contributed by atoms with Gasteiger partial charge in [0.05, 0.1) is 17.7 Å². The predicted molar refractivity (Wildman–Crippen MR) is 88.4 cm³/mol. The lowest BCUT2D eigenvalue weighted by atomic mass is 10.2. The Morgan fingerprint density at radius 3 is 2.55 bits per heavy atom. The Kier molecular flexibility index (Phi) is 8.95. The van der Waals surface area contributed by atoms with E-state index in [-0.39, 0.29) is 40.5 Å². The van der Waals surface area contributed by atoms with Gasteiger partial charge in [0.25, 0.3) is 0 Å². The highest BCUT2D eigenvalue weighted by atomic mass is 35.5. The fraction of sp³-hybridized carbons (Fsp3) is 0.462. The molecule has 22 heavy (non-hydrogen) atoms. The summed E-state index contributed by atoms with van der Waals surface area (Å²) >= 11 is 5.95.